The second-order valence-electron chi connectivity index (χ2n) is 8.04. The molecule has 178 valence electrons. The van der Waals surface area contributed by atoms with Crippen LogP contribution in [0.25, 0.3) is 6.08 Å². The van der Waals surface area contributed by atoms with Crippen LogP contribution in [0.5, 0.6) is 5.75 Å². The minimum absolute atomic E-state index is 0.234. The molecule has 0 aromatic heterocycles. The number of amides is 3. The fourth-order valence-corrected chi connectivity index (χ4v) is 4.54. The van der Waals surface area contributed by atoms with Crippen molar-refractivity contribution in [3.8, 4) is 5.75 Å². The average molecular weight is 507 g/mol. The van der Waals surface area contributed by atoms with Crippen LogP contribution < -0.4 is 10.1 Å². The third kappa shape index (κ3) is 5.93. The van der Waals surface area contributed by atoms with Crippen LogP contribution in [0.15, 0.2) is 71.6 Å². The lowest BCUT2D eigenvalue weighted by Gasteiger charge is -2.15. The molecule has 1 N–H and O–H groups in total. The Morgan fingerprint density at radius 1 is 1.00 bits per heavy atom. The van der Waals surface area contributed by atoms with Gasteiger partial charge in [-0.15, -0.1) is 0 Å². The zero-order valence-corrected chi connectivity index (χ0v) is 20.8. The van der Waals surface area contributed by atoms with Crippen molar-refractivity contribution >= 4 is 52.2 Å². The highest BCUT2D eigenvalue weighted by molar-refractivity contribution is 8.18. The van der Waals surface area contributed by atoms with E-state index in [1.165, 1.54) is 0 Å². The highest BCUT2D eigenvalue weighted by Gasteiger charge is 2.36. The molecule has 4 rings (SSSR count). The number of carbonyl (C=O) groups excluding carboxylic acids is 3. The monoisotopic (exact) mass is 506 g/mol. The Morgan fingerprint density at radius 3 is 2.40 bits per heavy atom. The van der Waals surface area contributed by atoms with Gasteiger partial charge in [0.25, 0.3) is 11.1 Å². The molecule has 0 bridgehead atoms. The number of benzene rings is 3. The Hall–Kier alpha value is -3.55. The summed E-state index contributed by atoms with van der Waals surface area (Å²) in [6.07, 6.45) is 1.62. The zero-order chi connectivity index (χ0) is 24.9. The fraction of sp³-hybridized carbons (Fsp3) is 0.148. The number of hydrogen-bond donors (Lipinski definition) is 1. The first kappa shape index (κ1) is 24.6. The predicted octanol–water partition coefficient (Wildman–Crippen LogP) is 6.21. The molecule has 0 saturated carbocycles. The molecule has 35 heavy (non-hydrogen) atoms. The molecule has 0 unspecified atom stereocenters. The minimum Gasteiger partial charge on any atom is -0.488 e. The molecule has 8 heteroatoms. The van der Waals surface area contributed by atoms with Gasteiger partial charge in [0.15, 0.2) is 0 Å². The Labute approximate surface area is 212 Å². The number of para-hydroxylation sites is 2. The van der Waals surface area contributed by atoms with E-state index in [1.54, 1.807) is 30.3 Å². The topological polar surface area (TPSA) is 75.7 Å². The SMILES string of the molecule is Cc1cccc(C)c1NC(=O)CN1C(=O)S/C(=C/c2ccccc2OCc2ccc(Cl)cc2)C1=O. The summed E-state index contributed by atoms with van der Waals surface area (Å²) in [4.78, 5) is 39.3. The van der Waals surface area contributed by atoms with Crippen LogP contribution in [0.2, 0.25) is 5.02 Å². The van der Waals surface area contributed by atoms with Gasteiger partial charge in [-0.05, 0) is 66.6 Å². The van der Waals surface area contributed by atoms with Crippen LogP contribution in [0.3, 0.4) is 0 Å². The third-order valence-electron chi connectivity index (χ3n) is 5.43. The molecule has 3 aromatic carbocycles. The number of nitrogens with zero attached hydrogens (tertiary/aromatic N) is 1. The molecule has 0 aliphatic carbocycles. The van der Waals surface area contributed by atoms with E-state index in [1.807, 2.05) is 56.3 Å². The van der Waals surface area contributed by atoms with E-state index in [4.69, 9.17) is 16.3 Å². The van der Waals surface area contributed by atoms with Gasteiger partial charge < -0.3 is 10.1 Å². The van der Waals surface area contributed by atoms with Crippen molar-refractivity contribution < 1.29 is 19.1 Å². The summed E-state index contributed by atoms with van der Waals surface area (Å²) < 4.78 is 5.94. The molecule has 1 heterocycles. The number of carbonyl (C=O) groups is 3. The largest absolute Gasteiger partial charge is 0.488 e. The van der Waals surface area contributed by atoms with Crippen LogP contribution in [0, 0.1) is 13.8 Å². The summed E-state index contributed by atoms with van der Waals surface area (Å²) in [5.74, 6) is -0.371. The molecular formula is C27H23ClN2O4S. The molecule has 3 amide bonds. The lowest BCUT2D eigenvalue weighted by Crippen LogP contribution is -2.36. The van der Waals surface area contributed by atoms with Gasteiger partial charge in [0.05, 0.1) is 4.91 Å². The molecule has 1 saturated heterocycles. The van der Waals surface area contributed by atoms with E-state index in [0.717, 1.165) is 33.4 Å². The van der Waals surface area contributed by atoms with Crippen LogP contribution in [-0.4, -0.2) is 28.5 Å². The number of aryl methyl sites for hydroxylation is 2. The highest BCUT2D eigenvalue weighted by atomic mass is 35.5. The van der Waals surface area contributed by atoms with E-state index < -0.39 is 17.1 Å². The van der Waals surface area contributed by atoms with Crippen molar-refractivity contribution in [1.29, 1.82) is 0 Å². The van der Waals surface area contributed by atoms with Gasteiger partial charge in [-0.2, -0.15) is 0 Å². The summed E-state index contributed by atoms with van der Waals surface area (Å²) >= 11 is 6.74. The predicted molar refractivity (Wildman–Crippen MR) is 139 cm³/mol. The van der Waals surface area contributed by atoms with E-state index >= 15 is 0 Å². The number of ether oxygens (including phenoxy) is 1. The molecule has 1 aliphatic heterocycles. The van der Waals surface area contributed by atoms with Gasteiger partial charge in [0.2, 0.25) is 5.91 Å². The summed E-state index contributed by atoms with van der Waals surface area (Å²) in [7, 11) is 0. The Kier molecular flexibility index (Phi) is 7.58. The van der Waals surface area contributed by atoms with Gasteiger partial charge >= 0.3 is 0 Å². The van der Waals surface area contributed by atoms with Gasteiger partial charge in [-0.25, -0.2) is 0 Å². The van der Waals surface area contributed by atoms with Crippen LogP contribution in [-0.2, 0) is 16.2 Å². The van der Waals surface area contributed by atoms with Crippen molar-refractivity contribution in [2.45, 2.75) is 20.5 Å². The second kappa shape index (κ2) is 10.8. The lowest BCUT2D eigenvalue weighted by molar-refractivity contribution is -0.127. The van der Waals surface area contributed by atoms with Crippen LogP contribution in [0.4, 0.5) is 10.5 Å². The average Bonchev–Trinajstić information content (AvgIpc) is 3.09. The molecule has 1 aliphatic rings. The van der Waals surface area contributed by atoms with Crippen LogP contribution in [0.1, 0.15) is 22.3 Å². The summed E-state index contributed by atoms with van der Waals surface area (Å²) in [6.45, 7) is 3.74. The number of hydrogen-bond acceptors (Lipinski definition) is 5. The molecule has 0 spiro atoms. The summed E-state index contributed by atoms with van der Waals surface area (Å²) in [5.41, 5.74) is 4.10. The Morgan fingerprint density at radius 2 is 1.69 bits per heavy atom. The van der Waals surface area contributed by atoms with E-state index in [-0.39, 0.29) is 11.4 Å². The van der Waals surface area contributed by atoms with Gasteiger partial charge in [-0.1, -0.05) is 60.1 Å². The molecule has 1 fully saturated rings. The minimum atomic E-state index is -0.510. The standard InChI is InChI=1S/C27H23ClN2O4S/c1-17-6-5-7-18(2)25(17)29-24(31)15-30-26(32)23(35-27(30)33)14-20-8-3-4-9-22(20)34-16-19-10-12-21(28)13-11-19/h3-14H,15-16H2,1-2H3,(H,29,31)/b23-14+. The maximum absolute atomic E-state index is 12.9. The normalized spacial score (nSPS) is 14.5. The Balaban J connectivity index is 1.46. The molecule has 3 aromatic rings. The summed E-state index contributed by atoms with van der Waals surface area (Å²) in [5, 5.41) is 2.97. The number of thioether (sulfide) groups is 1. The maximum atomic E-state index is 12.9. The number of halogens is 1. The van der Waals surface area contributed by atoms with Gasteiger partial charge in [0, 0.05) is 16.3 Å². The first-order chi connectivity index (χ1) is 16.8. The van der Waals surface area contributed by atoms with E-state index in [0.29, 0.717) is 28.6 Å². The van der Waals surface area contributed by atoms with E-state index in [9.17, 15) is 14.4 Å². The van der Waals surface area contributed by atoms with Crippen molar-refractivity contribution in [2.24, 2.45) is 0 Å². The third-order valence-corrected chi connectivity index (χ3v) is 6.59. The lowest BCUT2D eigenvalue weighted by atomic mass is 10.1. The molecule has 6 nitrogen and oxygen atoms in total. The smallest absolute Gasteiger partial charge is 0.294 e. The maximum Gasteiger partial charge on any atom is 0.294 e. The van der Waals surface area contributed by atoms with E-state index in [2.05, 4.69) is 5.32 Å². The summed E-state index contributed by atoms with van der Waals surface area (Å²) in [6, 6.07) is 20.3. The molecule has 0 radical (unpaired) electrons. The first-order valence-corrected chi connectivity index (χ1v) is 12.1. The molecule has 0 atom stereocenters. The molecular weight excluding hydrogens is 484 g/mol. The first-order valence-electron chi connectivity index (χ1n) is 10.9. The Bertz CT molecular complexity index is 1300. The van der Waals surface area contributed by atoms with Crippen molar-refractivity contribution in [3.05, 3.63) is 98.9 Å². The van der Waals surface area contributed by atoms with Crippen molar-refractivity contribution in [2.75, 3.05) is 11.9 Å². The quantitative estimate of drug-likeness (QED) is 0.385. The zero-order valence-electron chi connectivity index (χ0n) is 19.2. The number of imide groups is 1. The van der Waals surface area contributed by atoms with Gasteiger partial charge in [0.1, 0.15) is 18.9 Å². The number of rotatable bonds is 7. The van der Waals surface area contributed by atoms with Crippen molar-refractivity contribution in [3.63, 3.8) is 0 Å². The van der Waals surface area contributed by atoms with Gasteiger partial charge in [-0.3, -0.25) is 19.3 Å². The van der Waals surface area contributed by atoms with Crippen LogP contribution >= 0.6 is 23.4 Å². The number of nitrogens with one attached hydrogen (secondary N) is 1. The second-order valence-corrected chi connectivity index (χ2v) is 9.47. The van der Waals surface area contributed by atoms with Crippen molar-refractivity contribution in [1.82, 2.24) is 4.90 Å². The fourth-order valence-electron chi connectivity index (χ4n) is 3.58. The number of anilines is 1. The highest BCUT2D eigenvalue weighted by Crippen LogP contribution is 2.34.